The maximum atomic E-state index is 14.2. The third-order valence-corrected chi connectivity index (χ3v) is 4.67. The highest BCUT2D eigenvalue weighted by Crippen LogP contribution is 2.44. The molecule has 0 radical (unpaired) electrons. The lowest BCUT2D eigenvalue weighted by Gasteiger charge is -2.40. The highest BCUT2D eigenvalue weighted by atomic mass is 79.9. The summed E-state index contributed by atoms with van der Waals surface area (Å²) in [5, 5.41) is 9.46. The highest BCUT2D eigenvalue weighted by Gasteiger charge is 2.47. The van der Waals surface area contributed by atoms with Gasteiger partial charge in [-0.3, -0.25) is 9.59 Å². The first-order chi connectivity index (χ1) is 9.99. The van der Waals surface area contributed by atoms with Gasteiger partial charge in [0.25, 0.3) is 0 Å². The summed E-state index contributed by atoms with van der Waals surface area (Å²) in [5.41, 5.74) is 0.289. The van der Waals surface area contributed by atoms with E-state index in [2.05, 4.69) is 15.9 Å². The zero-order chi connectivity index (χ0) is 15.1. The summed E-state index contributed by atoms with van der Waals surface area (Å²) in [6.07, 6.45) is 2.21. The number of carbonyl (C=O) groups is 2. The van der Waals surface area contributed by atoms with E-state index in [-0.39, 0.29) is 30.4 Å². The van der Waals surface area contributed by atoms with Gasteiger partial charge < -0.3 is 10.0 Å². The molecule has 0 spiro atoms. The maximum absolute atomic E-state index is 14.2. The molecule has 3 rings (SSSR count). The van der Waals surface area contributed by atoms with Crippen LogP contribution in [0.1, 0.15) is 37.3 Å². The van der Waals surface area contributed by atoms with Gasteiger partial charge in [-0.25, -0.2) is 4.39 Å². The van der Waals surface area contributed by atoms with Crippen LogP contribution in [0.25, 0.3) is 0 Å². The van der Waals surface area contributed by atoms with Gasteiger partial charge in [-0.2, -0.15) is 0 Å². The molecule has 1 amide bonds. The first-order valence-electron chi connectivity index (χ1n) is 6.98. The fraction of sp³-hybridized carbons (Fsp3) is 0.467. The molecule has 1 aliphatic heterocycles. The van der Waals surface area contributed by atoms with Gasteiger partial charge in [0.1, 0.15) is 5.82 Å². The molecule has 1 N–H and O–H groups in total. The van der Waals surface area contributed by atoms with Crippen LogP contribution in [0.2, 0.25) is 0 Å². The zero-order valence-electron chi connectivity index (χ0n) is 11.3. The second-order valence-electron chi connectivity index (χ2n) is 5.63. The standard InChI is InChI=1S/C15H15BrFNO3/c16-8-1-5-12(17)11(7-8)14-10(15(20)21)4-6-13(19)18(14)9-2-3-9/h1,5,7,9-10,14H,2-4,6H2,(H,20,21). The Hall–Kier alpha value is -1.43. The fourth-order valence-electron chi connectivity index (χ4n) is 3.06. The maximum Gasteiger partial charge on any atom is 0.308 e. The van der Waals surface area contributed by atoms with Crippen LogP contribution in [-0.2, 0) is 9.59 Å². The van der Waals surface area contributed by atoms with Gasteiger partial charge in [-0.1, -0.05) is 15.9 Å². The summed E-state index contributed by atoms with van der Waals surface area (Å²) in [6.45, 7) is 0. The average Bonchev–Trinajstić information content (AvgIpc) is 3.25. The van der Waals surface area contributed by atoms with E-state index in [0.29, 0.717) is 4.47 Å². The Morgan fingerprint density at radius 1 is 1.33 bits per heavy atom. The second kappa shape index (κ2) is 5.40. The van der Waals surface area contributed by atoms with E-state index in [0.717, 1.165) is 12.8 Å². The van der Waals surface area contributed by atoms with Gasteiger partial charge in [0.05, 0.1) is 12.0 Å². The first kappa shape index (κ1) is 14.5. The predicted molar refractivity (Wildman–Crippen MR) is 77.1 cm³/mol. The molecule has 112 valence electrons. The molecular formula is C15H15BrFNO3. The molecular weight excluding hydrogens is 341 g/mol. The number of nitrogens with zero attached hydrogens (tertiary/aromatic N) is 1. The molecule has 2 aliphatic rings. The lowest BCUT2D eigenvalue weighted by molar-refractivity contribution is -0.152. The predicted octanol–water partition coefficient (Wildman–Crippen LogP) is 3.11. The van der Waals surface area contributed by atoms with E-state index < -0.39 is 23.7 Å². The second-order valence-corrected chi connectivity index (χ2v) is 6.54. The van der Waals surface area contributed by atoms with Crippen molar-refractivity contribution < 1.29 is 19.1 Å². The van der Waals surface area contributed by atoms with Gasteiger partial charge in [0.15, 0.2) is 0 Å². The van der Waals surface area contributed by atoms with Crippen LogP contribution in [0.5, 0.6) is 0 Å². The largest absolute Gasteiger partial charge is 0.481 e. The summed E-state index contributed by atoms with van der Waals surface area (Å²) in [7, 11) is 0. The van der Waals surface area contributed by atoms with Gasteiger partial charge in [-0.15, -0.1) is 0 Å². The van der Waals surface area contributed by atoms with Gasteiger partial charge in [0, 0.05) is 22.5 Å². The Bertz CT molecular complexity index is 603. The quantitative estimate of drug-likeness (QED) is 0.906. The Morgan fingerprint density at radius 3 is 2.67 bits per heavy atom. The van der Waals surface area contributed by atoms with Crippen molar-refractivity contribution in [1.29, 1.82) is 0 Å². The number of amides is 1. The van der Waals surface area contributed by atoms with Crippen molar-refractivity contribution in [3.05, 3.63) is 34.1 Å². The number of rotatable bonds is 3. The van der Waals surface area contributed by atoms with E-state index in [4.69, 9.17) is 0 Å². The van der Waals surface area contributed by atoms with Crippen LogP contribution in [0.3, 0.4) is 0 Å². The molecule has 0 aromatic heterocycles. The summed E-state index contributed by atoms with van der Waals surface area (Å²) in [5.74, 6) is -2.26. The molecule has 0 bridgehead atoms. The van der Waals surface area contributed by atoms with Crippen LogP contribution in [-0.4, -0.2) is 27.9 Å². The number of benzene rings is 1. The minimum Gasteiger partial charge on any atom is -0.481 e. The van der Waals surface area contributed by atoms with Crippen molar-refractivity contribution >= 4 is 27.8 Å². The number of carbonyl (C=O) groups excluding carboxylic acids is 1. The van der Waals surface area contributed by atoms with E-state index in [1.807, 2.05) is 0 Å². The van der Waals surface area contributed by atoms with Crippen LogP contribution < -0.4 is 0 Å². The van der Waals surface area contributed by atoms with Gasteiger partial charge >= 0.3 is 5.97 Å². The molecule has 4 nitrogen and oxygen atoms in total. The van der Waals surface area contributed by atoms with Gasteiger partial charge in [-0.05, 0) is 37.5 Å². The van der Waals surface area contributed by atoms with E-state index in [1.165, 1.54) is 6.07 Å². The number of carboxylic acids is 1. The highest BCUT2D eigenvalue weighted by molar-refractivity contribution is 9.10. The minimum atomic E-state index is -0.975. The number of hydrogen-bond acceptors (Lipinski definition) is 2. The summed E-state index contributed by atoms with van der Waals surface area (Å²) in [4.78, 5) is 25.4. The molecule has 2 unspecified atom stereocenters. The summed E-state index contributed by atoms with van der Waals surface area (Å²) >= 11 is 3.29. The van der Waals surface area contributed by atoms with Crippen molar-refractivity contribution in [1.82, 2.24) is 4.90 Å². The number of aliphatic carboxylic acids is 1. The van der Waals surface area contributed by atoms with E-state index in [1.54, 1.807) is 17.0 Å². The Balaban J connectivity index is 2.08. The average molecular weight is 356 g/mol. The Kier molecular flexibility index (Phi) is 3.73. The first-order valence-corrected chi connectivity index (χ1v) is 7.77. The van der Waals surface area contributed by atoms with Crippen molar-refractivity contribution in [2.75, 3.05) is 0 Å². The molecule has 1 aromatic rings. The topological polar surface area (TPSA) is 57.6 Å². The monoisotopic (exact) mass is 355 g/mol. The van der Waals surface area contributed by atoms with Crippen LogP contribution >= 0.6 is 15.9 Å². The third kappa shape index (κ3) is 2.69. The molecule has 21 heavy (non-hydrogen) atoms. The van der Waals surface area contributed by atoms with Crippen molar-refractivity contribution in [3.8, 4) is 0 Å². The molecule has 1 aromatic carbocycles. The lowest BCUT2D eigenvalue weighted by atomic mass is 9.84. The number of piperidine rings is 1. The fourth-order valence-corrected chi connectivity index (χ4v) is 3.44. The van der Waals surface area contributed by atoms with Crippen LogP contribution in [0.4, 0.5) is 4.39 Å². The Morgan fingerprint density at radius 2 is 2.05 bits per heavy atom. The van der Waals surface area contributed by atoms with Gasteiger partial charge in [0.2, 0.25) is 5.91 Å². The Labute approximate surface area is 130 Å². The summed E-state index contributed by atoms with van der Waals surface area (Å²) < 4.78 is 14.9. The smallest absolute Gasteiger partial charge is 0.308 e. The minimum absolute atomic E-state index is 0.0584. The molecule has 1 heterocycles. The molecule has 1 saturated heterocycles. The van der Waals surface area contributed by atoms with Crippen LogP contribution in [0.15, 0.2) is 22.7 Å². The van der Waals surface area contributed by atoms with Crippen molar-refractivity contribution in [2.45, 2.75) is 37.8 Å². The summed E-state index contributed by atoms with van der Waals surface area (Å²) in [6, 6.07) is 3.81. The molecule has 6 heteroatoms. The molecule has 1 saturated carbocycles. The molecule has 2 fully saturated rings. The zero-order valence-corrected chi connectivity index (χ0v) is 12.8. The number of halogens is 2. The number of carboxylic acid groups (broad SMARTS) is 1. The SMILES string of the molecule is O=C(O)C1CCC(=O)N(C2CC2)C1c1cc(Br)ccc1F. The van der Waals surface area contributed by atoms with E-state index >= 15 is 0 Å². The number of likely N-dealkylation sites (tertiary alicyclic amines) is 1. The van der Waals surface area contributed by atoms with E-state index in [9.17, 15) is 19.1 Å². The number of hydrogen-bond donors (Lipinski definition) is 1. The molecule has 2 atom stereocenters. The van der Waals surface area contributed by atoms with Crippen LogP contribution in [0, 0.1) is 11.7 Å². The normalized spacial score (nSPS) is 26.0. The van der Waals surface area contributed by atoms with Crippen molar-refractivity contribution in [2.24, 2.45) is 5.92 Å². The lowest BCUT2D eigenvalue weighted by Crippen LogP contribution is -2.46. The molecule has 1 aliphatic carbocycles. The van der Waals surface area contributed by atoms with Crippen molar-refractivity contribution in [3.63, 3.8) is 0 Å². The third-order valence-electron chi connectivity index (χ3n) is 4.17.